The van der Waals surface area contributed by atoms with E-state index in [1.165, 1.54) is 27.2 Å². The van der Waals surface area contributed by atoms with Crippen LogP contribution in [0.4, 0.5) is 0 Å². The van der Waals surface area contributed by atoms with Crippen molar-refractivity contribution < 1.29 is 4.57 Å². The Balaban J connectivity index is 2.57. The van der Waals surface area contributed by atoms with Crippen molar-refractivity contribution in [1.29, 1.82) is 0 Å². The third-order valence-corrected chi connectivity index (χ3v) is 8.47. The fourth-order valence-electron chi connectivity index (χ4n) is 2.72. The summed E-state index contributed by atoms with van der Waals surface area (Å²) in [4.78, 5) is 0. The quantitative estimate of drug-likeness (QED) is 0.599. The standard InChI is InChI=1S/C19H30NSi2/c1-15-13-16(21(3,4)5)9-10-18(15)19-14-17(22(6,7)8)11-12-20(19)2/h9-14H,1-8H3/q+1. The first-order valence-corrected chi connectivity index (χ1v) is 15.1. The zero-order valence-corrected chi connectivity index (χ0v) is 17.4. The summed E-state index contributed by atoms with van der Waals surface area (Å²) in [7, 11) is -0.380. The molecule has 0 fully saturated rings. The molecule has 0 unspecified atom stereocenters. The Morgan fingerprint density at radius 3 is 1.82 bits per heavy atom. The van der Waals surface area contributed by atoms with Crippen molar-refractivity contribution in [2.45, 2.75) is 46.2 Å². The van der Waals surface area contributed by atoms with E-state index in [-0.39, 0.29) is 0 Å². The minimum Gasteiger partial charge on any atom is -0.201 e. The largest absolute Gasteiger partial charge is 0.212 e. The van der Waals surface area contributed by atoms with E-state index < -0.39 is 16.1 Å². The molecule has 0 spiro atoms. The van der Waals surface area contributed by atoms with Crippen LogP contribution in [-0.4, -0.2) is 16.1 Å². The lowest BCUT2D eigenvalue weighted by molar-refractivity contribution is -0.660. The SMILES string of the molecule is Cc1cc([Si](C)(C)C)ccc1-c1cc([Si](C)(C)C)cc[n+]1C. The van der Waals surface area contributed by atoms with Crippen molar-refractivity contribution in [2.75, 3.05) is 0 Å². The fourth-order valence-corrected chi connectivity index (χ4v) is 5.10. The van der Waals surface area contributed by atoms with E-state index in [0.29, 0.717) is 0 Å². The molecular formula is C19H30NSi2+. The topological polar surface area (TPSA) is 3.88 Å². The maximum atomic E-state index is 2.41. The van der Waals surface area contributed by atoms with E-state index in [0.717, 1.165) is 0 Å². The highest BCUT2D eigenvalue weighted by Crippen LogP contribution is 2.20. The predicted molar refractivity (Wildman–Crippen MR) is 104 cm³/mol. The zero-order valence-electron chi connectivity index (χ0n) is 15.4. The summed E-state index contributed by atoms with van der Waals surface area (Å²) in [6, 6.07) is 11.8. The molecule has 1 aromatic heterocycles. The second kappa shape index (κ2) is 5.78. The Labute approximate surface area is 138 Å². The van der Waals surface area contributed by atoms with Crippen LogP contribution in [-0.2, 0) is 7.05 Å². The van der Waals surface area contributed by atoms with Gasteiger partial charge in [0, 0.05) is 17.7 Å². The second-order valence-electron chi connectivity index (χ2n) is 8.44. The molecule has 0 bridgehead atoms. The maximum absolute atomic E-state index is 2.41. The lowest BCUT2D eigenvalue weighted by Crippen LogP contribution is -2.42. The van der Waals surface area contributed by atoms with Crippen LogP contribution in [0.2, 0.25) is 39.3 Å². The number of pyridine rings is 1. The second-order valence-corrected chi connectivity index (χ2v) is 18.6. The molecule has 0 aliphatic rings. The normalized spacial score (nSPS) is 12.5. The molecular weight excluding hydrogens is 298 g/mol. The van der Waals surface area contributed by atoms with Crippen LogP contribution in [0.25, 0.3) is 11.3 Å². The van der Waals surface area contributed by atoms with Crippen molar-refractivity contribution in [3.05, 3.63) is 42.1 Å². The van der Waals surface area contributed by atoms with Crippen molar-refractivity contribution >= 4 is 26.5 Å². The molecule has 118 valence electrons. The number of rotatable bonds is 3. The molecule has 0 saturated carbocycles. The van der Waals surface area contributed by atoms with Crippen molar-refractivity contribution in [1.82, 2.24) is 0 Å². The van der Waals surface area contributed by atoms with Gasteiger partial charge in [0.05, 0.1) is 16.1 Å². The molecule has 1 nitrogen and oxygen atoms in total. The van der Waals surface area contributed by atoms with Gasteiger partial charge in [0.25, 0.3) is 0 Å². The fraction of sp³-hybridized carbons (Fsp3) is 0.421. The minimum absolute atomic E-state index is 1.24. The highest BCUT2D eigenvalue weighted by molar-refractivity contribution is 6.89. The van der Waals surface area contributed by atoms with Crippen LogP contribution >= 0.6 is 0 Å². The van der Waals surface area contributed by atoms with Gasteiger partial charge in [-0.2, -0.15) is 0 Å². The summed E-state index contributed by atoms with van der Waals surface area (Å²) in [5.74, 6) is 0. The van der Waals surface area contributed by atoms with Gasteiger partial charge in [-0.25, -0.2) is 4.57 Å². The first-order valence-electron chi connectivity index (χ1n) is 8.12. The molecule has 0 aliphatic heterocycles. The third kappa shape index (κ3) is 3.58. The van der Waals surface area contributed by atoms with Crippen LogP contribution < -0.4 is 14.9 Å². The number of benzene rings is 1. The van der Waals surface area contributed by atoms with Crippen LogP contribution in [0.3, 0.4) is 0 Å². The number of hydrogen-bond acceptors (Lipinski definition) is 0. The van der Waals surface area contributed by atoms with E-state index in [2.05, 4.69) is 94.3 Å². The Morgan fingerprint density at radius 2 is 1.32 bits per heavy atom. The summed E-state index contributed by atoms with van der Waals surface area (Å²) in [6.07, 6.45) is 2.22. The van der Waals surface area contributed by atoms with Crippen molar-refractivity contribution in [3.8, 4) is 11.3 Å². The van der Waals surface area contributed by atoms with E-state index in [1.807, 2.05) is 0 Å². The Hall–Kier alpha value is -1.20. The minimum atomic E-state index is -1.29. The van der Waals surface area contributed by atoms with E-state index >= 15 is 0 Å². The van der Waals surface area contributed by atoms with Crippen molar-refractivity contribution in [3.63, 3.8) is 0 Å². The predicted octanol–water partition coefficient (Wildman–Crippen LogP) is 3.58. The zero-order chi connectivity index (χ0) is 16.7. The monoisotopic (exact) mass is 328 g/mol. The molecule has 2 aromatic rings. The average molecular weight is 329 g/mol. The Morgan fingerprint density at radius 1 is 0.773 bits per heavy atom. The molecule has 0 atom stereocenters. The number of nitrogens with zero attached hydrogens (tertiary/aromatic N) is 1. The van der Waals surface area contributed by atoms with E-state index in [4.69, 9.17) is 0 Å². The van der Waals surface area contributed by atoms with E-state index in [9.17, 15) is 0 Å². The molecule has 0 aliphatic carbocycles. The average Bonchev–Trinajstić information content (AvgIpc) is 2.37. The summed E-state index contributed by atoms with van der Waals surface area (Å²) < 4.78 is 2.25. The first kappa shape index (κ1) is 17.2. The van der Waals surface area contributed by atoms with Crippen LogP contribution in [0.15, 0.2) is 36.5 Å². The number of hydrogen-bond donors (Lipinski definition) is 0. The lowest BCUT2D eigenvalue weighted by atomic mass is 10.0. The van der Waals surface area contributed by atoms with E-state index in [1.54, 1.807) is 0 Å². The number of aromatic nitrogens is 1. The van der Waals surface area contributed by atoms with Gasteiger partial charge in [-0.05, 0) is 23.7 Å². The molecule has 22 heavy (non-hydrogen) atoms. The Kier molecular flexibility index (Phi) is 4.51. The highest BCUT2D eigenvalue weighted by Gasteiger charge is 2.23. The van der Waals surface area contributed by atoms with Crippen LogP contribution in [0.5, 0.6) is 0 Å². The summed E-state index contributed by atoms with van der Waals surface area (Å²) >= 11 is 0. The van der Waals surface area contributed by atoms with Crippen LogP contribution in [0, 0.1) is 6.92 Å². The molecule has 1 aromatic carbocycles. The van der Waals surface area contributed by atoms with Gasteiger partial charge in [0.15, 0.2) is 6.20 Å². The molecule has 0 saturated heterocycles. The van der Waals surface area contributed by atoms with Gasteiger partial charge < -0.3 is 0 Å². The van der Waals surface area contributed by atoms with Gasteiger partial charge in [-0.3, -0.25) is 0 Å². The van der Waals surface area contributed by atoms with Gasteiger partial charge in [-0.1, -0.05) is 56.6 Å². The molecule has 0 amide bonds. The summed E-state index contributed by atoms with van der Waals surface area (Å²) in [6.45, 7) is 16.7. The molecule has 1 heterocycles. The lowest BCUT2D eigenvalue weighted by Gasteiger charge is -2.19. The highest BCUT2D eigenvalue weighted by atomic mass is 28.3. The maximum Gasteiger partial charge on any atom is 0.212 e. The van der Waals surface area contributed by atoms with Gasteiger partial charge in [-0.15, -0.1) is 0 Å². The smallest absolute Gasteiger partial charge is 0.201 e. The molecule has 0 N–H and O–H groups in total. The summed E-state index contributed by atoms with van der Waals surface area (Å²) in [5.41, 5.74) is 4.09. The van der Waals surface area contributed by atoms with Gasteiger partial charge >= 0.3 is 0 Å². The van der Waals surface area contributed by atoms with Gasteiger partial charge in [0.2, 0.25) is 5.69 Å². The Bertz CT molecular complexity index is 692. The summed E-state index contributed by atoms with van der Waals surface area (Å²) in [5, 5.41) is 3.06. The van der Waals surface area contributed by atoms with Gasteiger partial charge in [0.1, 0.15) is 7.05 Å². The molecule has 0 radical (unpaired) electrons. The first-order chi connectivity index (χ1) is 10.00. The molecule has 2 rings (SSSR count). The molecule has 3 heteroatoms. The third-order valence-electron chi connectivity index (χ3n) is 4.38. The number of aryl methyl sites for hydroxylation is 2. The van der Waals surface area contributed by atoms with Crippen molar-refractivity contribution in [2.24, 2.45) is 7.05 Å². The van der Waals surface area contributed by atoms with Crippen LogP contribution in [0.1, 0.15) is 5.56 Å².